The lowest BCUT2D eigenvalue weighted by Crippen LogP contribution is -2.47. The summed E-state index contributed by atoms with van der Waals surface area (Å²) in [6, 6.07) is 5.89. The van der Waals surface area contributed by atoms with Crippen LogP contribution in [-0.4, -0.2) is 119 Å². The highest BCUT2D eigenvalue weighted by molar-refractivity contribution is 5.40. The molecule has 0 bridgehead atoms. The fourth-order valence-corrected chi connectivity index (χ4v) is 3.79. The average molecular weight is 423 g/mol. The molecule has 0 spiro atoms. The Balaban J connectivity index is 1.45. The molecular weight excluding hydrogens is 384 g/mol. The predicted molar refractivity (Wildman–Crippen MR) is 117 cm³/mol. The Bertz CT molecular complexity index is 619. The Kier molecular flexibility index (Phi) is 9.64. The van der Waals surface area contributed by atoms with Crippen molar-refractivity contribution in [3.05, 3.63) is 23.8 Å². The first-order chi connectivity index (χ1) is 14.6. The number of morpholine rings is 1. The van der Waals surface area contributed by atoms with Crippen molar-refractivity contribution in [2.24, 2.45) is 0 Å². The zero-order chi connectivity index (χ0) is 21.2. The van der Waals surface area contributed by atoms with Gasteiger partial charge in [0.2, 0.25) is 0 Å². The van der Waals surface area contributed by atoms with Crippen LogP contribution < -0.4 is 14.8 Å². The number of hydrogen-bond acceptors (Lipinski definition) is 8. The van der Waals surface area contributed by atoms with E-state index in [1.807, 2.05) is 18.2 Å². The van der Waals surface area contributed by atoms with Gasteiger partial charge in [-0.1, -0.05) is 6.07 Å². The quantitative estimate of drug-likeness (QED) is 0.487. The Labute approximate surface area is 180 Å². The summed E-state index contributed by atoms with van der Waals surface area (Å²) >= 11 is 0. The summed E-state index contributed by atoms with van der Waals surface area (Å²) in [4.78, 5) is 7.03. The molecule has 0 radical (unpaired) electrons. The van der Waals surface area contributed by atoms with E-state index in [9.17, 15) is 5.11 Å². The van der Waals surface area contributed by atoms with Gasteiger partial charge in [0, 0.05) is 77.1 Å². The fraction of sp³-hybridized carbons (Fsp3) is 0.727. The highest BCUT2D eigenvalue weighted by atomic mass is 16.5. The second-order valence-electron chi connectivity index (χ2n) is 8.17. The highest BCUT2D eigenvalue weighted by Crippen LogP contribution is 2.25. The van der Waals surface area contributed by atoms with Gasteiger partial charge in [0.15, 0.2) is 0 Å². The summed E-state index contributed by atoms with van der Waals surface area (Å²) in [7, 11) is 3.79. The van der Waals surface area contributed by atoms with Gasteiger partial charge in [-0.15, -0.1) is 0 Å². The summed E-state index contributed by atoms with van der Waals surface area (Å²) in [6.07, 6.45) is -0.512. The van der Waals surface area contributed by atoms with Gasteiger partial charge < -0.3 is 29.5 Å². The molecule has 1 aromatic rings. The number of ether oxygens (including phenoxy) is 3. The Morgan fingerprint density at radius 3 is 2.60 bits per heavy atom. The van der Waals surface area contributed by atoms with Crippen molar-refractivity contribution in [2.75, 3.05) is 92.9 Å². The minimum absolute atomic E-state index is 0.278. The molecule has 170 valence electrons. The third-order valence-corrected chi connectivity index (χ3v) is 5.79. The molecule has 0 aromatic heterocycles. The maximum Gasteiger partial charge on any atom is 0.127 e. The number of hydrogen-bond donors (Lipinski definition) is 2. The van der Waals surface area contributed by atoms with E-state index in [-0.39, 0.29) is 6.61 Å². The molecule has 2 aliphatic rings. The van der Waals surface area contributed by atoms with E-state index >= 15 is 0 Å². The monoisotopic (exact) mass is 422 g/mol. The first-order valence-corrected chi connectivity index (χ1v) is 11.0. The Hall–Kier alpha value is -1.42. The van der Waals surface area contributed by atoms with E-state index in [0.29, 0.717) is 6.54 Å². The minimum atomic E-state index is -0.512. The molecule has 0 amide bonds. The van der Waals surface area contributed by atoms with Crippen LogP contribution in [0.1, 0.15) is 5.56 Å². The molecule has 8 heteroatoms. The number of likely N-dealkylation sites (N-methyl/N-ethyl adjacent to an activating group) is 1. The number of methoxy groups -OCH3 is 1. The van der Waals surface area contributed by atoms with Crippen molar-refractivity contribution in [1.29, 1.82) is 0 Å². The van der Waals surface area contributed by atoms with Crippen LogP contribution in [0.4, 0.5) is 0 Å². The van der Waals surface area contributed by atoms with Gasteiger partial charge in [0.05, 0.1) is 20.3 Å². The molecule has 2 fully saturated rings. The molecule has 0 saturated carbocycles. The van der Waals surface area contributed by atoms with Gasteiger partial charge in [-0.05, 0) is 13.1 Å². The Morgan fingerprint density at radius 1 is 1.10 bits per heavy atom. The number of nitrogens with zero attached hydrogens (tertiary/aromatic N) is 3. The Morgan fingerprint density at radius 2 is 1.87 bits per heavy atom. The highest BCUT2D eigenvalue weighted by Gasteiger charge is 2.18. The van der Waals surface area contributed by atoms with Crippen molar-refractivity contribution in [3.8, 4) is 11.5 Å². The van der Waals surface area contributed by atoms with Gasteiger partial charge in [-0.2, -0.15) is 0 Å². The van der Waals surface area contributed by atoms with Crippen LogP contribution in [0.5, 0.6) is 11.5 Å². The first-order valence-electron chi connectivity index (χ1n) is 11.0. The second kappa shape index (κ2) is 12.4. The zero-order valence-corrected chi connectivity index (χ0v) is 18.5. The third-order valence-electron chi connectivity index (χ3n) is 5.79. The molecule has 2 saturated heterocycles. The smallest absolute Gasteiger partial charge is 0.127 e. The molecule has 8 nitrogen and oxygen atoms in total. The lowest BCUT2D eigenvalue weighted by atomic mass is 10.2. The van der Waals surface area contributed by atoms with Crippen molar-refractivity contribution < 1.29 is 19.3 Å². The van der Waals surface area contributed by atoms with Crippen molar-refractivity contribution in [3.63, 3.8) is 0 Å². The third kappa shape index (κ3) is 7.68. The van der Waals surface area contributed by atoms with Crippen LogP contribution in [-0.2, 0) is 11.3 Å². The SMILES string of the molecule is COc1ccc(CNCCN2CCOCC2)c(OCC(O)CN2CCN(C)CC2)c1. The molecular formula is C22H38N4O4. The van der Waals surface area contributed by atoms with E-state index in [2.05, 4.69) is 27.1 Å². The fourth-order valence-electron chi connectivity index (χ4n) is 3.79. The summed E-state index contributed by atoms with van der Waals surface area (Å²) in [5.41, 5.74) is 1.07. The zero-order valence-electron chi connectivity index (χ0n) is 18.5. The molecule has 2 heterocycles. The number of β-amino-alcohol motifs (C(OH)–C–C–N with tert-alkyl or cyclic N) is 1. The summed E-state index contributed by atoms with van der Waals surface area (Å²) in [5, 5.41) is 14.0. The van der Waals surface area contributed by atoms with Crippen molar-refractivity contribution in [1.82, 2.24) is 20.0 Å². The number of aliphatic hydroxyl groups excluding tert-OH is 1. The molecule has 0 aliphatic carbocycles. The van der Waals surface area contributed by atoms with Crippen LogP contribution in [0.25, 0.3) is 0 Å². The van der Waals surface area contributed by atoms with Crippen molar-refractivity contribution in [2.45, 2.75) is 12.6 Å². The van der Waals surface area contributed by atoms with E-state index in [0.717, 1.165) is 89.2 Å². The number of aliphatic hydroxyl groups is 1. The molecule has 2 N–H and O–H groups in total. The van der Waals surface area contributed by atoms with Crippen LogP contribution in [0.3, 0.4) is 0 Å². The van der Waals surface area contributed by atoms with E-state index in [4.69, 9.17) is 14.2 Å². The number of nitrogens with one attached hydrogen (secondary N) is 1. The van der Waals surface area contributed by atoms with E-state index in [1.54, 1.807) is 7.11 Å². The predicted octanol–water partition coefficient (Wildman–Crippen LogP) is 0.104. The lowest BCUT2D eigenvalue weighted by Gasteiger charge is -2.33. The topological polar surface area (TPSA) is 69.7 Å². The summed E-state index contributed by atoms with van der Waals surface area (Å²) in [5.74, 6) is 1.53. The normalized spacial score (nSPS) is 20.2. The summed E-state index contributed by atoms with van der Waals surface area (Å²) < 4.78 is 16.8. The first kappa shape index (κ1) is 23.2. The van der Waals surface area contributed by atoms with Gasteiger partial charge in [0.25, 0.3) is 0 Å². The van der Waals surface area contributed by atoms with E-state index in [1.165, 1.54) is 0 Å². The van der Waals surface area contributed by atoms with Gasteiger partial charge in [0.1, 0.15) is 24.2 Å². The van der Waals surface area contributed by atoms with Crippen LogP contribution >= 0.6 is 0 Å². The molecule has 1 unspecified atom stereocenters. The maximum atomic E-state index is 10.5. The lowest BCUT2D eigenvalue weighted by molar-refractivity contribution is 0.0383. The molecule has 30 heavy (non-hydrogen) atoms. The van der Waals surface area contributed by atoms with Crippen LogP contribution in [0.15, 0.2) is 18.2 Å². The van der Waals surface area contributed by atoms with Gasteiger partial charge in [-0.25, -0.2) is 0 Å². The van der Waals surface area contributed by atoms with Gasteiger partial charge in [-0.3, -0.25) is 9.80 Å². The van der Waals surface area contributed by atoms with Crippen LogP contribution in [0.2, 0.25) is 0 Å². The standard InChI is InChI=1S/C22H38N4O4/c1-24-7-9-26(10-8-24)17-20(27)18-30-22-15-21(28-2)4-3-19(22)16-23-5-6-25-11-13-29-14-12-25/h3-4,15,20,23,27H,5-14,16-18H2,1-2H3. The largest absolute Gasteiger partial charge is 0.497 e. The molecule has 1 atom stereocenters. The molecule has 3 rings (SSSR count). The van der Waals surface area contributed by atoms with Crippen molar-refractivity contribution >= 4 is 0 Å². The number of piperazine rings is 1. The maximum absolute atomic E-state index is 10.5. The van der Waals surface area contributed by atoms with Crippen LogP contribution in [0, 0.1) is 0 Å². The van der Waals surface area contributed by atoms with Gasteiger partial charge >= 0.3 is 0 Å². The number of rotatable bonds is 11. The second-order valence-corrected chi connectivity index (χ2v) is 8.17. The number of benzene rings is 1. The average Bonchev–Trinajstić information content (AvgIpc) is 2.78. The minimum Gasteiger partial charge on any atom is -0.497 e. The molecule has 1 aromatic carbocycles. The van der Waals surface area contributed by atoms with E-state index < -0.39 is 6.10 Å². The summed E-state index contributed by atoms with van der Waals surface area (Å²) in [6.45, 7) is 11.3. The molecule has 2 aliphatic heterocycles.